The summed E-state index contributed by atoms with van der Waals surface area (Å²) in [4.78, 5) is 29.3. The minimum absolute atomic E-state index is 0.0490. The fourth-order valence-electron chi connectivity index (χ4n) is 4.74. The molecule has 0 fully saturated rings. The summed E-state index contributed by atoms with van der Waals surface area (Å²) in [6.07, 6.45) is 5.98. The molecular formula is C31H29FN8O3S. The Kier molecular flexibility index (Phi) is 7.22. The summed E-state index contributed by atoms with van der Waals surface area (Å²) in [7, 11) is -3.45. The van der Waals surface area contributed by atoms with Gasteiger partial charge in [0.2, 0.25) is 15.9 Å². The van der Waals surface area contributed by atoms with Crippen LogP contribution in [0.2, 0.25) is 0 Å². The van der Waals surface area contributed by atoms with E-state index in [1.165, 1.54) is 12.1 Å². The molecule has 0 spiro atoms. The number of nitrogens with zero attached hydrogens (tertiary/aromatic N) is 4. The van der Waals surface area contributed by atoms with E-state index in [9.17, 15) is 17.6 Å². The normalized spacial score (nSPS) is 12.2. The molecule has 2 aromatic carbocycles. The molecule has 224 valence electrons. The van der Waals surface area contributed by atoms with Crippen LogP contribution in [0.15, 0.2) is 67.1 Å². The summed E-state index contributed by atoms with van der Waals surface area (Å²) < 4.78 is 40.1. The second-order valence-electron chi connectivity index (χ2n) is 11.6. The van der Waals surface area contributed by atoms with Crippen LogP contribution >= 0.6 is 0 Å². The molecule has 4 N–H and O–H groups in total. The van der Waals surface area contributed by atoms with Gasteiger partial charge < -0.3 is 10.3 Å². The predicted molar refractivity (Wildman–Crippen MR) is 167 cm³/mol. The maximum absolute atomic E-state index is 14.6. The topological polar surface area (TPSA) is 158 Å². The van der Waals surface area contributed by atoms with Gasteiger partial charge in [-0.15, -0.1) is 0 Å². The Bertz CT molecular complexity index is 2170. The van der Waals surface area contributed by atoms with Crippen molar-refractivity contribution < 1.29 is 17.6 Å². The van der Waals surface area contributed by atoms with Crippen LogP contribution in [0.4, 0.5) is 10.1 Å². The fraction of sp³-hybridized carbons (Fsp3) is 0.194. The Morgan fingerprint density at radius 3 is 2.59 bits per heavy atom. The summed E-state index contributed by atoms with van der Waals surface area (Å²) in [5, 5.41) is 11.3. The lowest BCUT2D eigenvalue weighted by atomic mass is 9.95. The van der Waals surface area contributed by atoms with Gasteiger partial charge in [0.05, 0.1) is 23.7 Å². The van der Waals surface area contributed by atoms with Crippen LogP contribution in [0, 0.1) is 11.2 Å². The quantitative estimate of drug-likeness (QED) is 0.188. The minimum Gasteiger partial charge on any atom is -0.324 e. The van der Waals surface area contributed by atoms with E-state index in [4.69, 9.17) is 4.98 Å². The number of hydrogen-bond acceptors (Lipinski definition) is 7. The lowest BCUT2D eigenvalue weighted by Crippen LogP contribution is -2.27. The highest BCUT2D eigenvalue weighted by Crippen LogP contribution is 2.33. The number of aromatic nitrogens is 6. The lowest BCUT2D eigenvalue weighted by molar-refractivity contribution is -0.123. The Balaban J connectivity index is 1.37. The number of halogens is 1. The molecule has 6 rings (SSSR count). The monoisotopic (exact) mass is 612 g/mol. The molecule has 0 saturated heterocycles. The number of rotatable bonds is 7. The number of fused-ring (bicyclic) bond motifs is 2. The lowest BCUT2D eigenvalue weighted by Gasteiger charge is -2.17. The van der Waals surface area contributed by atoms with Crippen molar-refractivity contribution in [3.63, 3.8) is 0 Å². The molecule has 0 unspecified atom stereocenters. The molecule has 44 heavy (non-hydrogen) atoms. The van der Waals surface area contributed by atoms with E-state index in [-0.39, 0.29) is 12.5 Å². The average Bonchev–Trinajstić information content (AvgIpc) is 3.59. The van der Waals surface area contributed by atoms with Gasteiger partial charge in [-0.25, -0.2) is 27.5 Å². The standard InChI is InChI=1S/C31H29FN8O3S/c1-31(2,3)30(41)36-22-12-20(15-33-16-22)18-5-6-25-24(13-18)27(40-39-25)29-37-26-23(7-8-34-28(26)38-29)19-9-17(10-21(32)11-19)14-35-44(4,42)43/h5-13,15-16,35H,14H2,1-4H3,(H,36,41)(H,39,40)(H,34,37,38). The number of carbonyl (C=O) groups excluding carboxylic acids is 1. The number of benzene rings is 2. The van der Waals surface area contributed by atoms with Crippen molar-refractivity contribution in [3.05, 3.63) is 78.5 Å². The van der Waals surface area contributed by atoms with Crippen LogP contribution in [0.1, 0.15) is 26.3 Å². The minimum atomic E-state index is -3.45. The number of aromatic amines is 2. The van der Waals surface area contributed by atoms with E-state index in [2.05, 4.69) is 35.2 Å². The Hall–Kier alpha value is -5.01. The second-order valence-corrected chi connectivity index (χ2v) is 13.4. The number of amides is 1. The molecule has 0 aliphatic heterocycles. The Morgan fingerprint density at radius 2 is 1.82 bits per heavy atom. The van der Waals surface area contributed by atoms with Crippen molar-refractivity contribution in [1.29, 1.82) is 0 Å². The van der Waals surface area contributed by atoms with E-state index in [0.29, 0.717) is 45.1 Å². The van der Waals surface area contributed by atoms with E-state index in [0.717, 1.165) is 28.3 Å². The maximum atomic E-state index is 14.6. The number of anilines is 1. The van der Waals surface area contributed by atoms with Gasteiger partial charge in [-0.2, -0.15) is 5.10 Å². The van der Waals surface area contributed by atoms with Crippen molar-refractivity contribution in [2.75, 3.05) is 11.6 Å². The van der Waals surface area contributed by atoms with E-state index >= 15 is 0 Å². The summed E-state index contributed by atoms with van der Waals surface area (Å²) >= 11 is 0. The highest BCUT2D eigenvalue weighted by Gasteiger charge is 2.22. The Morgan fingerprint density at radius 1 is 1.00 bits per heavy atom. The van der Waals surface area contributed by atoms with Gasteiger partial charge in [-0.3, -0.25) is 14.9 Å². The summed E-state index contributed by atoms with van der Waals surface area (Å²) in [6.45, 7) is 5.49. The molecule has 0 atom stereocenters. The molecule has 11 nitrogen and oxygen atoms in total. The number of H-pyrrole nitrogens is 2. The van der Waals surface area contributed by atoms with Crippen LogP contribution in [-0.2, 0) is 21.4 Å². The number of pyridine rings is 2. The molecular weight excluding hydrogens is 583 g/mol. The molecule has 0 aliphatic carbocycles. The zero-order valence-electron chi connectivity index (χ0n) is 24.4. The highest BCUT2D eigenvalue weighted by atomic mass is 32.2. The predicted octanol–water partition coefficient (Wildman–Crippen LogP) is 5.40. The third kappa shape index (κ3) is 6.05. The van der Waals surface area contributed by atoms with Crippen molar-refractivity contribution in [2.24, 2.45) is 5.41 Å². The molecule has 4 heterocycles. The first-order valence-electron chi connectivity index (χ1n) is 13.7. The first kappa shape index (κ1) is 29.1. The van der Waals surface area contributed by atoms with E-state index in [1.54, 1.807) is 30.7 Å². The van der Waals surface area contributed by atoms with Crippen LogP contribution in [0.3, 0.4) is 0 Å². The maximum Gasteiger partial charge on any atom is 0.229 e. The molecule has 0 radical (unpaired) electrons. The van der Waals surface area contributed by atoms with Gasteiger partial charge in [-0.1, -0.05) is 26.8 Å². The van der Waals surface area contributed by atoms with Crippen LogP contribution in [-0.4, -0.2) is 50.7 Å². The van der Waals surface area contributed by atoms with Crippen molar-refractivity contribution >= 4 is 43.7 Å². The first-order valence-corrected chi connectivity index (χ1v) is 15.6. The van der Waals surface area contributed by atoms with Crippen LogP contribution in [0.25, 0.3) is 55.8 Å². The number of carbonyl (C=O) groups is 1. The molecule has 1 amide bonds. The summed E-state index contributed by atoms with van der Waals surface area (Å²) in [5.74, 6) is -0.152. The molecule has 0 bridgehead atoms. The Labute approximate surface area is 252 Å². The highest BCUT2D eigenvalue weighted by molar-refractivity contribution is 7.88. The third-order valence-corrected chi connectivity index (χ3v) is 7.66. The van der Waals surface area contributed by atoms with Gasteiger partial charge in [0.1, 0.15) is 17.0 Å². The largest absolute Gasteiger partial charge is 0.324 e. The fourth-order valence-corrected chi connectivity index (χ4v) is 5.17. The first-order chi connectivity index (χ1) is 20.8. The van der Waals surface area contributed by atoms with Crippen molar-refractivity contribution in [1.82, 2.24) is 34.9 Å². The van der Waals surface area contributed by atoms with E-state index < -0.39 is 21.3 Å². The number of hydrogen-bond donors (Lipinski definition) is 4. The van der Waals surface area contributed by atoms with Gasteiger partial charge in [0, 0.05) is 40.9 Å². The molecule has 6 aromatic rings. The van der Waals surface area contributed by atoms with Crippen molar-refractivity contribution in [2.45, 2.75) is 27.3 Å². The van der Waals surface area contributed by atoms with Gasteiger partial charge >= 0.3 is 0 Å². The van der Waals surface area contributed by atoms with Gasteiger partial charge in [0.25, 0.3) is 0 Å². The smallest absolute Gasteiger partial charge is 0.229 e. The van der Waals surface area contributed by atoms with Crippen LogP contribution in [0.5, 0.6) is 0 Å². The zero-order valence-corrected chi connectivity index (χ0v) is 25.2. The number of sulfonamides is 1. The summed E-state index contributed by atoms with van der Waals surface area (Å²) in [5.41, 5.74) is 5.69. The average molecular weight is 613 g/mol. The molecule has 0 saturated carbocycles. The molecule has 0 aliphatic rings. The van der Waals surface area contributed by atoms with Gasteiger partial charge in [0.15, 0.2) is 11.5 Å². The van der Waals surface area contributed by atoms with Crippen molar-refractivity contribution in [3.8, 4) is 33.8 Å². The number of imidazole rings is 1. The number of nitrogens with one attached hydrogen (secondary N) is 4. The zero-order chi connectivity index (χ0) is 31.2. The second kappa shape index (κ2) is 10.9. The van der Waals surface area contributed by atoms with E-state index in [1.807, 2.05) is 45.0 Å². The summed E-state index contributed by atoms with van der Waals surface area (Å²) in [6, 6.07) is 13.8. The molecule has 13 heteroatoms. The van der Waals surface area contributed by atoms with Crippen LogP contribution < -0.4 is 10.0 Å². The SMILES string of the molecule is CC(C)(C)C(=O)Nc1cncc(-c2ccc3[nH]nc(-c4nc5c(-c6cc(F)cc(CNS(C)(=O)=O)c6)ccnc5[nH]4)c3c2)c1. The third-order valence-electron chi connectivity index (χ3n) is 6.99. The molecule has 4 aromatic heterocycles. The van der Waals surface area contributed by atoms with Gasteiger partial charge in [-0.05, 0) is 59.2 Å².